The smallest absolute Gasteiger partial charge is 0.194 e. The van der Waals surface area contributed by atoms with Gasteiger partial charge in [0.1, 0.15) is 5.75 Å². The molecule has 1 unspecified atom stereocenters. The Morgan fingerprint density at radius 1 is 1.21 bits per heavy atom. The minimum atomic E-state index is 0.161. The van der Waals surface area contributed by atoms with Crippen molar-refractivity contribution in [1.82, 2.24) is 10.2 Å². The number of nitrogens with zero attached hydrogens (tertiary/aromatic N) is 2. The normalized spacial score (nSPS) is 16.7. The van der Waals surface area contributed by atoms with Gasteiger partial charge in [0.15, 0.2) is 17.5 Å². The lowest BCUT2D eigenvalue weighted by molar-refractivity contribution is 0.318. The number of ether oxygens (including phenoxy) is 2. The van der Waals surface area contributed by atoms with E-state index in [4.69, 9.17) is 14.5 Å². The molecule has 0 aromatic heterocycles. The third-order valence-corrected chi connectivity index (χ3v) is 5.15. The highest BCUT2D eigenvalue weighted by molar-refractivity contribution is 5.80. The van der Waals surface area contributed by atoms with Gasteiger partial charge >= 0.3 is 0 Å². The third-order valence-electron chi connectivity index (χ3n) is 5.15. The number of methoxy groups -OCH3 is 1. The van der Waals surface area contributed by atoms with E-state index in [2.05, 4.69) is 29.3 Å². The molecule has 3 rings (SSSR count). The average Bonchev–Trinajstić information content (AvgIpc) is 3.23. The average molecular weight is 398 g/mol. The van der Waals surface area contributed by atoms with E-state index >= 15 is 0 Å². The van der Waals surface area contributed by atoms with Crippen LogP contribution in [0.3, 0.4) is 0 Å². The fraction of sp³-hybridized carbons (Fsp3) is 0.435. The van der Waals surface area contributed by atoms with E-state index in [9.17, 15) is 5.11 Å². The zero-order valence-corrected chi connectivity index (χ0v) is 17.5. The van der Waals surface area contributed by atoms with E-state index in [0.29, 0.717) is 24.8 Å². The van der Waals surface area contributed by atoms with E-state index in [-0.39, 0.29) is 5.75 Å². The predicted molar refractivity (Wildman–Crippen MR) is 116 cm³/mol. The summed E-state index contributed by atoms with van der Waals surface area (Å²) in [6, 6.07) is 13.8. The number of phenolic OH excluding ortho intramolecular Hbond substituents is 1. The molecule has 156 valence electrons. The summed E-state index contributed by atoms with van der Waals surface area (Å²) in [6.07, 6.45) is 1.10. The molecule has 29 heavy (non-hydrogen) atoms. The van der Waals surface area contributed by atoms with Gasteiger partial charge in [-0.25, -0.2) is 4.99 Å². The van der Waals surface area contributed by atoms with Crippen LogP contribution in [0, 0.1) is 0 Å². The van der Waals surface area contributed by atoms with Gasteiger partial charge in [0, 0.05) is 25.6 Å². The largest absolute Gasteiger partial charge is 0.504 e. The molecule has 2 aromatic carbocycles. The second-order valence-electron chi connectivity index (χ2n) is 7.11. The van der Waals surface area contributed by atoms with Crippen LogP contribution in [0.4, 0.5) is 0 Å². The maximum atomic E-state index is 9.88. The summed E-state index contributed by atoms with van der Waals surface area (Å²) in [5.74, 6) is 2.97. The minimum Gasteiger partial charge on any atom is -0.504 e. The number of phenols is 1. The molecular weight excluding hydrogens is 366 g/mol. The fourth-order valence-electron chi connectivity index (χ4n) is 3.62. The first-order valence-corrected chi connectivity index (χ1v) is 10.3. The molecule has 1 fully saturated rings. The molecular formula is C23H31N3O3. The van der Waals surface area contributed by atoms with Gasteiger partial charge in [0.2, 0.25) is 0 Å². The SMILES string of the molecule is CCNC(=NCc1ccc(O)c(OCC)c1)N1CCC(c2ccc(OC)cc2)C1. The van der Waals surface area contributed by atoms with Crippen LogP contribution in [-0.2, 0) is 6.54 Å². The lowest BCUT2D eigenvalue weighted by Gasteiger charge is -2.22. The molecule has 0 aliphatic carbocycles. The van der Waals surface area contributed by atoms with Gasteiger partial charge in [-0.05, 0) is 55.7 Å². The molecule has 0 spiro atoms. The molecule has 6 nitrogen and oxygen atoms in total. The van der Waals surface area contributed by atoms with Gasteiger partial charge in [-0.2, -0.15) is 0 Å². The highest BCUT2D eigenvalue weighted by Gasteiger charge is 2.26. The van der Waals surface area contributed by atoms with E-state index in [1.54, 1.807) is 13.2 Å². The van der Waals surface area contributed by atoms with Crippen molar-refractivity contribution >= 4 is 5.96 Å². The van der Waals surface area contributed by atoms with Crippen LogP contribution in [-0.4, -0.2) is 49.3 Å². The molecule has 2 N–H and O–H groups in total. The van der Waals surface area contributed by atoms with Crippen LogP contribution in [0.5, 0.6) is 17.2 Å². The summed E-state index contributed by atoms with van der Waals surface area (Å²) in [7, 11) is 1.69. The molecule has 1 heterocycles. The van der Waals surface area contributed by atoms with E-state index < -0.39 is 0 Å². The second kappa shape index (κ2) is 10.0. The molecule has 0 radical (unpaired) electrons. The predicted octanol–water partition coefficient (Wildman–Crippen LogP) is 3.75. The summed E-state index contributed by atoms with van der Waals surface area (Å²) in [5.41, 5.74) is 2.34. The van der Waals surface area contributed by atoms with Crippen molar-refractivity contribution in [2.75, 3.05) is 33.4 Å². The van der Waals surface area contributed by atoms with E-state index in [1.807, 2.05) is 31.2 Å². The summed E-state index contributed by atoms with van der Waals surface area (Å²) in [5, 5.41) is 13.3. The van der Waals surface area contributed by atoms with Crippen molar-refractivity contribution in [3.8, 4) is 17.2 Å². The van der Waals surface area contributed by atoms with Crippen LogP contribution in [0.15, 0.2) is 47.5 Å². The number of guanidine groups is 1. The molecule has 1 saturated heterocycles. The number of hydrogen-bond acceptors (Lipinski definition) is 4. The van der Waals surface area contributed by atoms with E-state index in [0.717, 1.165) is 43.3 Å². The first-order chi connectivity index (χ1) is 14.1. The summed E-state index contributed by atoms with van der Waals surface area (Å²) in [6.45, 7) is 7.78. The van der Waals surface area contributed by atoms with E-state index in [1.165, 1.54) is 5.56 Å². The van der Waals surface area contributed by atoms with Crippen LogP contribution in [0.2, 0.25) is 0 Å². The molecule has 1 atom stereocenters. The summed E-state index contributed by atoms with van der Waals surface area (Å²) < 4.78 is 10.7. The van der Waals surface area contributed by atoms with Crippen molar-refractivity contribution in [2.45, 2.75) is 32.7 Å². The quantitative estimate of drug-likeness (QED) is 0.550. The minimum absolute atomic E-state index is 0.161. The first-order valence-electron chi connectivity index (χ1n) is 10.3. The molecule has 1 aliphatic rings. The lowest BCUT2D eigenvalue weighted by Crippen LogP contribution is -2.40. The van der Waals surface area contributed by atoms with Crippen LogP contribution in [0.1, 0.15) is 37.3 Å². The van der Waals surface area contributed by atoms with Gasteiger partial charge in [-0.3, -0.25) is 0 Å². The molecule has 6 heteroatoms. The Morgan fingerprint density at radius 3 is 2.69 bits per heavy atom. The van der Waals surface area contributed by atoms with Crippen LogP contribution >= 0.6 is 0 Å². The zero-order valence-electron chi connectivity index (χ0n) is 17.5. The van der Waals surface area contributed by atoms with Gasteiger partial charge in [0.05, 0.1) is 20.3 Å². The maximum Gasteiger partial charge on any atom is 0.194 e. The Kier molecular flexibility index (Phi) is 7.22. The van der Waals surface area contributed by atoms with Crippen LogP contribution < -0.4 is 14.8 Å². The Bertz CT molecular complexity index is 821. The molecule has 1 aliphatic heterocycles. The number of rotatable bonds is 7. The summed E-state index contributed by atoms with van der Waals surface area (Å²) in [4.78, 5) is 7.15. The third kappa shape index (κ3) is 5.34. The Morgan fingerprint density at radius 2 is 2.00 bits per heavy atom. The first kappa shape index (κ1) is 20.8. The molecule has 0 bridgehead atoms. The van der Waals surface area contributed by atoms with Crippen molar-refractivity contribution < 1.29 is 14.6 Å². The topological polar surface area (TPSA) is 66.3 Å². The van der Waals surface area contributed by atoms with Crippen molar-refractivity contribution in [1.29, 1.82) is 0 Å². The van der Waals surface area contributed by atoms with Crippen molar-refractivity contribution in [2.24, 2.45) is 4.99 Å². The van der Waals surface area contributed by atoms with Crippen molar-refractivity contribution in [3.05, 3.63) is 53.6 Å². The Hall–Kier alpha value is -2.89. The maximum absolute atomic E-state index is 9.88. The fourth-order valence-corrected chi connectivity index (χ4v) is 3.62. The Labute approximate surface area is 173 Å². The number of likely N-dealkylation sites (tertiary alicyclic amines) is 1. The van der Waals surface area contributed by atoms with Gasteiger partial charge < -0.3 is 24.8 Å². The monoisotopic (exact) mass is 397 g/mol. The Balaban J connectivity index is 1.68. The second-order valence-corrected chi connectivity index (χ2v) is 7.11. The standard InChI is InChI=1S/C23H31N3O3/c1-4-24-23(25-15-17-6-11-21(27)22(14-17)29-5-2)26-13-12-19(16-26)18-7-9-20(28-3)10-8-18/h6-11,14,19,27H,4-5,12-13,15-16H2,1-3H3,(H,24,25). The number of aliphatic imine (C=N–C) groups is 1. The molecule has 0 saturated carbocycles. The van der Waals surface area contributed by atoms with Crippen LogP contribution in [0.25, 0.3) is 0 Å². The van der Waals surface area contributed by atoms with Crippen molar-refractivity contribution in [3.63, 3.8) is 0 Å². The summed E-state index contributed by atoms with van der Waals surface area (Å²) >= 11 is 0. The zero-order chi connectivity index (χ0) is 20.6. The van der Waals surface area contributed by atoms with Gasteiger partial charge in [0.25, 0.3) is 0 Å². The number of benzene rings is 2. The number of nitrogens with one attached hydrogen (secondary N) is 1. The van der Waals surface area contributed by atoms with Gasteiger partial charge in [-0.1, -0.05) is 18.2 Å². The number of hydrogen-bond donors (Lipinski definition) is 2. The molecule has 2 aromatic rings. The molecule has 0 amide bonds. The lowest BCUT2D eigenvalue weighted by atomic mass is 9.98. The highest BCUT2D eigenvalue weighted by Crippen LogP contribution is 2.29. The number of aromatic hydroxyl groups is 1. The van der Waals surface area contributed by atoms with Gasteiger partial charge in [-0.15, -0.1) is 0 Å². The highest BCUT2D eigenvalue weighted by atomic mass is 16.5.